The first kappa shape index (κ1) is 12.0. The van der Waals surface area contributed by atoms with Gasteiger partial charge in [0.1, 0.15) is 0 Å². The van der Waals surface area contributed by atoms with Gasteiger partial charge in [-0.3, -0.25) is 9.69 Å². The lowest BCUT2D eigenvalue weighted by atomic mass is 10.0. The zero-order valence-corrected chi connectivity index (χ0v) is 9.38. The molecule has 0 aromatic carbocycles. The van der Waals surface area contributed by atoms with E-state index in [2.05, 4.69) is 30.0 Å². The Morgan fingerprint density at radius 2 is 2.40 bits per heavy atom. The monoisotopic (exact) mass is 210 g/mol. The van der Waals surface area contributed by atoms with Gasteiger partial charge in [-0.2, -0.15) is 0 Å². The molecule has 0 spiro atoms. The van der Waals surface area contributed by atoms with Crippen molar-refractivity contribution in [3.05, 3.63) is 0 Å². The van der Waals surface area contributed by atoms with Crippen LogP contribution in [0.1, 0.15) is 13.8 Å². The normalized spacial score (nSPS) is 20.6. The Labute approximate surface area is 91.0 Å². The van der Waals surface area contributed by atoms with Gasteiger partial charge < -0.3 is 10.1 Å². The first-order valence-electron chi connectivity index (χ1n) is 5.09. The van der Waals surface area contributed by atoms with Gasteiger partial charge in [-0.1, -0.05) is 5.92 Å². The van der Waals surface area contributed by atoms with Gasteiger partial charge in [0, 0.05) is 12.1 Å². The smallest absolute Gasteiger partial charge is 0.234 e. The van der Waals surface area contributed by atoms with Gasteiger partial charge in [0.15, 0.2) is 0 Å². The van der Waals surface area contributed by atoms with Crippen molar-refractivity contribution in [2.24, 2.45) is 0 Å². The molecule has 1 aliphatic heterocycles. The number of terminal acetylenes is 1. The zero-order chi connectivity index (χ0) is 11.3. The Balaban J connectivity index is 2.42. The van der Waals surface area contributed by atoms with E-state index in [0.717, 1.165) is 6.54 Å². The number of nitrogens with zero attached hydrogens (tertiary/aromatic N) is 1. The van der Waals surface area contributed by atoms with Gasteiger partial charge in [-0.05, 0) is 13.8 Å². The number of rotatable bonds is 3. The van der Waals surface area contributed by atoms with Gasteiger partial charge in [-0.25, -0.2) is 0 Å². The standard InChI is InChI=1S/C11H18N2O2/c1-4-5-12-10(14)8-13-6-7-15-9-11(13,2)3/h1H,5-9H2,2-3H3,(H,12,14). The Bertz CT molecular complexity index is 268. The number of hydrogen-bond donors (Lipinski definition) is 1. The molecule has 0 aromatic rings. The van der Waals surface area contributed by atoms with Crippen LogP contribution in [-0.2, 0) is 9.53 Å². The van der Waals surface area contributed by atoms with Crippen molar-refractivity contribution >= 4 is 5.91 Å². The molecule has 0 unspecified atom stereocenters. The third-order valence-electron chi connectivity index (χ3n) is 2.54. The molecule has 1 N–H and O–H groups in total. The summed E-state index contributed by atoms with van der Waals surface area (Å²) in [4.78, 5) is 13.6. The molecule has 4 heteroatoms. The lowest BCUT2D eigenvalue weighted by Crippen LogP contribution is -2.55. The van der Waals surface area contributed by atoms with Crippen molar-refractivity contribution in [2.75, 3.05) is 32.8 Å². The quantitative estimate of drug-likeness (QED) is 0.659. The van der Waals surface area contributed by atoms with E-state index in [1.807, 2.05) is 0 Å². The minimum atomic E-state index is -0.0776. The summed E-state index contributed by atoms with van der Waals surface area (Å²) >= 11 is 0. The molecule has 0 aliphatic carbocycles. The molecular formula is C11H18N2O2. The Hall–Kier alpha value is -1.05. The van der Waals surface area contributed by atoms with Crippen LogP contribution in [0.5, 0.6) is 0 Å². The summed E-state index contributed by atoms with van der Waals surface area (Å²) in [5, 5.41) is 2.66. The number of amides is 1. The first-order chi connectivity index (χ1) is 7.06. The molecule has 15 heavy (non-hydrogen) atoms. The number of nitrogens with one attached hydrogen (secondary N) is 1. The second-order valence-electron chi connectivity index (χ2n) is 4.27. The fourth-order valence-electron chi connectivity index (χ4n) is 1.56. The van der Waals surface area contributed by atoms with E-state index in [1.165, 1.54) is 0 Å². The molecule has 0 saturated carbocycles. The molecule has 0 aromatic heterocycles. The van der Waals surface area contributed by atoms with E-state index < -0.39 is 0 Å². The zero-order valence-electron chi connectivity index (χ0n) is 9.38. The predicted octanol–water partition coefficient (Wildman–Crippen LogP) is -0.153. The average Bonchev–Trinajstić information content (AvgIpc) is 2.18. The van der Waals surface area contributed by atoms with Crippen molar-refractivity contribution in [3.63, 3.8) is 0 Å². The molecule has 1 amide bonds. The lowest BCUT2D eigenvalue weighted by Gasteiger charge is -2.41. The van der Waals surface area contributed by atoms with Gasteiger partial charge in [0.25, 0.3) is 0 Å². The molecule has 0 radical (unpaired) electrons. The SMILES string of the molecule is C#CCNC(=O)CN1CCOCC1(C)C. The Morgan fingerprint density at radius 1 is 1.67 bits per heavy atom. The number of carbonyl (C=O) groups excluding carboxylic acids is 1. The highest BCUT2D eigenvalue weighted by Gasteiger charge is 2.31. The number of carbonyl (C=O) groups is 1. The van der Waals surface area contributed by atoms with E-state index in [0.29, 0.717) is 26.3 Å². The third kappa shape index (κ3) is 3.54. The minimum Gasteiger partial charge on any atom is -0.378 e. The molecular weight excluding hydrogens is 192 g/mol. The number of ether oxygens (including phenoxy) is 1. The highest BCUT2D eigenvalue weighted by atomic mass is 16.5. The lowest BCUT2D eigenvalue weighted by molar-refractivity contribution is -0.127. The van der Waals surface area contributed by atoms with Crippen LogP contribution in [0.25, 0.3) is 0 Å². The Kier molecular flexibility index (Phi) is 4.13. The van der Waals surface area contributed by atoms with Crippen molar-refractivity contribution in [1.82, 2.24) is 10.2 Å². The fraction of sp³-hybridized carbons (Fsp3) is 0.727. The maximum Gasteiger partial charge on any atom is 0.234 e. The fourth-order valence-corrected chi connectivity index (χ4v) is 1.56. The van der Waals surface area contributed by atoms with Crippen LogP contribution in [0.15, 0.2) is 0 Å². The molecule has 84 valence electrons. The van der Waals surface area contributed by atoms with E-state index in [4.69, 9.17) is 11.2 Å². The molecule has 1 aliphatic rings. The first-order valence-corrected chi connectivity index (χ1v) is 5.09. The molecule has 1 saturated heterocycles. The highest BCUT2D eigenvalue weighted by Crippen LogP contribution is 2.17. The summed E-state index contributed by atoms with van der Waals surface area (Å²) in [5.41, 5.74) is -0.0776. The van der Waals surface area contributed by atoms with E-state index in [1.54, 1.807) is 0 Å². The highest BCUT2D eigenvalue weighted by molar-refractivity contribution is 5.78. The number of hydrogen-bond acceptors (Lipinski definition) is 3. The second-order valence-corrected chi connectivity index (χ2v) is 4.27. The average molecular weight is 210 g/mol. The van der Waals surface area contributed by atoms with Crippen LogP contribution in [-0.4, -0.2) is 49.2 Å². The van der Waals surface area contributed by atoms with Crippen LogP contribution in [0.2, 0.25) is 0 Å². The molecule has 0 atom stereocenters. The molecule has 1 rings (SSSR count). The molecule has 4 nitrogen and oxygen atoms in total. The largest absolute Gasteiger partial charge is 0.378 e. The van der Waals surface area contributed by atoms with Crippen LogP contribution in [0.4, 0.5) is 0 Å². The topological polar surface area (TPSA) is 41.6 Å². The van der Waals surface area contributed by atoms with E-state index >= 15 is 0 Å². The van der Waals surface area contributed by atoms with Crippen LogP contribution in [0, 0.1) is 12.3 Å². The number of morpholine rings is 1. The maximum atomic E-state index is 11.5. The summed E-state index contributed by atoms with van der Waals surface area (Å²) in [6.45, 7) is 6.96. The van der Waals surface area contributed by atoms with Crippen LogP contribution >= 0.6 is 0 Å². The minimum absolute atomic E-state index is 0.0251. The summed E-state index contributed by atoms with van der Waals surface area (Å²) in [7, 11) is 0. The van der Waals surface area contributed by atoms with Crippen LogP contribution in [0.3, 0.4) is 0 Å². The van der Waals surface area contributed by atoms with E-state index in [-0.39, 0.29) is 11.4 Å². The van der Waals surface area contributed by atoms with Crippen molar-refractivity contribution in [3.8, 4) is 12.3 Å². The van der Waals surface area contributed by atoms with Gasteiger partial charge >= 0.3 is 0 Å². The van der Waals surface area contributed by atoms with Gasteiger partial charge in [-0.15, -0.1) is 6.42 Å². The summed E-state index contributed by atoms with van der Waals surface area (Å²) < 4.78 is 5.37. The van der Waals surface area contributed by atoms with Crippen molar-refractivity contribution in [2.45, 2.75) is 19.4 Å². The molecule has 1 heterocycles. The maximum absolute atomic E-state index is 11.5. The van der Waals surface area contributed by atoms with Gasteiger partial charge in [0.05, 0.1) is 26.3 Å². The van der Waals surface area contributed by atoms with E-state index in [9.17, 15) is 4.79 Å². The summed E-state index contributed by atoms with van der Waals surface area (Å²) in [6.07, 6.45) is 5.06. The van der Waals surface area contributed by atoms with Crippen molar-refractivity contribution < 1.29 is 9.53 Å². The molecule has 0 bridgehead atoms. The summed E-state index contributed by atoms with van der Waals surface area (Å²) in [5.74, 6) is 2.36. The molecule has 1 fully saturated rings. The van der Waals surface area contributed by atoms with Crippen LogP contribution < -0.4 is 5.32 Å². The second kappa shape index (κ2) is 5.15. The predicted molar refractivity (Wildman–Crippen MR) is 58.3 cm³/mol. The summed E-state index contributed by atoms with van der Waals surface area (Å²) in [6, 6.07) is 0. The Morgan fingerprint density at radius 3 is 3.00 bits per heavy atom. The third-order valence-corrected chi connectivity index (χ3v) is 2.54. The van der Waals surface area contributed by atoms with Gasteiger partial charge in [0.2, 0.25) is 5.91 Å². The van der Waals surface area contributed by atoms with Crippen molar-refractivity contribution in [1.29, 1.82) is 0 Å².